The first-order chi connectivity index (χ1) is 6.09. The normalized spacial score (nSPS) is 9.38. The summed E-state index contributed by atoms with van der Waals surface area (Å²) in [5.41, 5.74) is 6.80. The standard InChI is InChI=1S/C9H12N4/c1-6(2)12-9(11)7-4-3-5-8(10)13-7/h3-5,11H,1-2H3,(H2,10,13). The molecule has 13 heavy (non-hydrogen) atoms. The highest BCUT2D eigenvalue weighted by atomic mass is 14.9. The van der Waals surface area contributed by atoms with Crippen LogP contribution in [0.3, 0.4) is 0 Å². The Morgan fingerprint density at radius 1 is 1.46 bits per heavy atom. The molecule has 0 fully saturated rings. The SMILES string of the molecule is CC(C)=NC(=N)c1cccc(N)n1. The Morgan fingerprint density at radius 2 is 2.15 bits per heavy atom. The number of nitrogens with two attached hydrogens (primary N) is 1. The summed E-state index contributed by atoms with van der Waals surface area (Å²) in [4.78, 5) is 7.94. The van der Waals surface area contributed by atoms with Gasteiger partial charge in [-0.1, -0.05) is 6.07 Å². The van der Waals surface area contributed by atoms with Gasteiger partial charge >= 0.3 is 0 Å². The van der Waals surface area contributed by atoms with Crippen LogP contribution in [0, 0.1) is 5.41 Å². The van der Waals surface area contributed by atoms with E-state index < -0.39 is 0 Å². The van der Waals surface area contributed by atoms with Crippen molar-refractivity contribution in [2.75, 3.05) is 5.73 Å². The number of aromatic nitrogens is 1. The quantitative estimate of drug-likeness (QED) is 0.502. The van der Waals surface area contributed by atoms with E-state index in [1.807, 2.05) is 13.8 Å². The van der Waals surface area contributed by atoms with Crippen molar-refractivity contribution in [3.8, 4) is 0 Å². The van der Waals surface area contributed by atoms with Gasteiger partial charge in [0.05, 0.1) is 0 Å². The van der Waals surface area contributed by atoms with Crippen LogP contribution in [-0.2, 0) is 0 Å². The van der Waals surface area contributed by atoms with Crippen LogP contribution in [0.15, 0.2) is 23.2 Å². The van der Waals surface area contributed by atoms with Crippen molar-refractivity contribution in [3.05, 3.63) is 23.9 Å². The fraction of sp³-hybridized carbons (Fsp3) is 0.222. The maximum absolute atomic E-state index is 7.55. The van der Waals surface area contributed by atoms with Crippen molar-refractivity contribution < 1.29 is 0 Å². The Kier molecular flexibility index (Phi) is 2.74. The fourth-order valence-electron chi connectivity index (χ4n) is 0.864. The molecule has 0 atom stereocenters. The third-order valence-corrected chi connectivity index (χ3v) is 1.35. The van der Waals surface area contributed by atoms with Crippen LogP contribution in [0.1, 0.15) is 19.5 Å². The van der Waals surface area contributed by atoms with Crippen LogP contribution in [0.25, 0.3) is 0 Å². The summed E-state index contributed by atoms with van der Waals surface area (Å²) >= 11 is 0. The van der Waals surface area contributed by atoms with Gasteiger partial charge in [-0.25, -0.2) is 9.98 Å². The van der Waals surface area contributed by atoms with Gasteiger partial charge in [0, 0.05) is 5.71 Å². The molecule has 0 aliphatic rings. The van der Waals surface area contributed by atoms with E-state index in [1.165, 1.54) is 0 Å². The fourth-order valence-corrected chi connectivity index (χ4v) is 0.864. The number of amidine groups is 1. The van der Waals surface area contributed by atoms with Crippen LogP contribution >= 0.6 is 0 Å². The number of hydrogen-bond donors (Lipinski definition) is 2. The van der Waals surface area contributed by atoms with Gasteiger partial charge in [-0.15, -0.1) is 0 Å². The molecule has 0 saturated carbocycles. The third kappa shape index (κ3) is 2.66. The third-order valence-electron chi connectivity index (χ3n) is 1.35. The van der Waals surface area contributed by atoms with E-state index in [0.29, 0.717) is 11.5 Å². The topological polar surface area (TPSA) is 75.1 Å². The van der Waals surface area contributed by atoms with Crippen LogP contribution in [0.4, 0.5) is 5.82 Å². The predicted molar refractivity (Wildman–Crippen MR) is 54.3 cm³/mol. The highest BCUT2D eigenvalue weighted by Gasteiger charge is 2.00. The lowest BCUT2D eigenvalue weighted by Gasteiger charge is -1.98. The van der Waals surface area contributed by atoms with Crippen molar-refractivity contribution >= 4 is 17.4 Å². The minimum atomic E-state index is 0.146. The number of rotatable bonds is 1. The van der Waals surface area contributed by atoms with E-state index in [4.69, 9.17) is 11.1 Å². The van der Waals surface area contributed by atoms with E-state index in [-0.39, 0.29) is 5.84 Å². The van der Waals surface area contributed by atoms with E-state index in [2.05, 4.69) is 9.98 Å². The van der Waals surface area contributed by atoms with Crippen LogP contribution in [0.5, 0.6) is 0 Å². The molecule has 1 rings (SSSR count). The van der Waals surface area contributed by atoms with E-state index in [0.717, 1.165) is 5.71 Å². The summed E-state index contributed by atoms with van der Waals surface area (Å²) < 4.78 is 0. The zero-order valence-electron chi connectivity index (χ0n) is 7.70. The average Bonchev–Trinajstić information content (AvgIpc) is 2.03. The van der Waals surface area contributed by atoms with Crippen molar-refractivity contribution in [2.24, 2.45) is 4.99 Å². The molecule has 0 aliphatic carbocycles. The Bertz CT molecular complexity index is 350. The van der Waals surface area contributed by atoms with Crippen molar-refractivity contribution in [3.63, 3.8) is 0 Å². The second-order valence-electron chi connectivity index (χ2n) is 2.86. The molecule has 68 valence electrons. The van der Waals surface area contributed by atoms with Crippen molar-refractivity contribution in [1.82, 2.24) is 4.98 Å². The minimum Gasteiger partial charge on any atom is -0.384 e. The van der Waals surface area contributed by atoms with Gasteiger partial charge < -0.3 is 5.73 Å². The van der Waals surface area contributed by atoms with Gasteiger partial charge in [0.15, 0.2) is 5.84 Å². The van der Waals surface area contributed by atoms with Gasteiger partial charge in [0.25, 0.3) is 0 Å². The van der Waals surface area contributed by atoms with E-state index in [1.54, 1.807) is 18.2 Å². The molecule has 0 bridgehead atoms. The van der Waals surface area contributed by atoms with Crippen LogP contribution < -0.4 is 5.73 Å². The molecule has 1 aromatic heterocycles. The van der Waals surface area contributed by atoms with Crippen molar-refractivity contribution in [2.45, 2.75) is 13.8 Å². The number of hydrogen-bond acceptors (Lipinski definition) is 3. The highest BCUT2D eigenvalue weighted by Crippen LogP contribution is 2.02. The molecule has 0 spiro atoms. The van der Waals surface area contributed by atoms with Gasteiger partial charge in [-0.3, -0.25) is 5.41 Å². The molecule has 4 heteroatoms. The lowest BCUT2D eigenvalue weighted by Crippen LogP contribution is -2.02. The van der Waals surface area contributed by atoms with E-state index in [9.17, 15) is 0 Å². The molecule has 1 aromatic rings. The molecule has 0 aliphatic heterocycles. The van der Waals surface area contributed by atoms with Crippen LogP contribution in [0.2, 0.25) is 0 Å². The summed E-state index contributed by atoms with van der Waals surface area (Å²) in [6.45, 7) is 3.67. The Labute approximate surface area is 77.0 Å². The van der Waals surface area contributed by atoms with Gasteiger partial charge in [-0.2, -0.15) is 0 Å². The second-order valence-corrected chi connectivity index (χ2v) is 2.86. The van der Waals surface area contributed by atoms with E-state index >= 15 is 0 Å². The van der Waals surface area contributed by atoms with Crippen LogP contribution in [-0.4, -0.2) is 16.5 Å². The average molecular weight is 176 g/mol. The Balaban J connectivity index is 2.96. The molecule has 3 N–H and O–H groups in total. The van der Waals surface area contributed by atoms with Gasteiger partial charge in [-0.05, 0) is 26.0 Å². The number of nitrogen functional groups attached to an aromatic ring is 1. The highest BCUT2D eigenvalue weighted by molar-refractivity contribution is 6.03. The first kappa shape index (κ1) is 9.38. The lowest BCUT2D eigenvalue weighted by atomic mass is 10.3. The molecule has 4 nitrogen and oxygen atoms in total. The van der Waals surface area contributed by atoms with Crippen molar-refractivity contribution in [1.29, 1.82) is 5.41 Å². The predicted octanol–water partition coefficient (Wildman–Crippen LogP) is 1.47. The Morgan fingerprint density at radius 3 is 2.69 bits per heavy atom. The number of aliphatic imine (C=N–C) groups is 1. The first-order valence-electron chi connectivity index (χ1n) is 3.93. The van der Waals surface area contributed by atoms with Gasteiger partial charge in [0.2, 0.25) is 0 Å². The summed E-state index contributed by atoms with van der Waals surface area (Å²) in [6, 6.07) is 5.15. The maximum Gasteiger partial charge on any atom is 0.170 e. The van der Waals surface area contributed by atoms with Gasteiger partial charge in [0.1, 0.15) is 11.5 Å². The molecule has 1 heterocycles. The molecular formula is C9H12N4. The zero-order valence-corrected chi connectivity index (χ0v) is 7.70. The number of nitrogens with one attached hydrogen (secondary N) is 1. The Hall–Kier alpha value is -1.71. The summed E-state index contributed by atoms with van der Waals surface area (Å²) in [6.07, 6.45) is 0. The number of anilines is 1. The first-order valence-corrected chi connectivity index (χ1v) is 3.93. The molecule has 0 radical (unpaired) electrons. The summed E-state index contributed by atoms with van der Waals surface area (Å²) in [5.74, 6) is 0.554. The molecular weight excluding hydrogens is 164 g/mol. The smallest absolute Gasteiger partial charge is 0.170 e. The second kappa shape index (κ2) is 3.80. The molecule has 0 amide bonds. The monoisotopic (exact) mass is 176 g/mol. The minimum absolute atomic E-state index is 0.146. The zero-order chi connectivity index (χ0) is 9.84. The summed E-state index contributed by atoms with van der Waals surface area (Å²) in [7, 11) is 0. The molecule has 0 unspecified atom stereocenters. The number of nitrogens with zero attached hydrogens (tertiary/aromatic N) is 2. The maximum atomic E-state index is 7.55. The molecule has 0 saturated heterocycles. The largest absolute Gasteiger partial charge is 0.384 e. The molecule has 0 aromatic carbocycles. The summed E-state index contributed by atoms with van der Waals surface area (Å²) in [5, 5.41) is 7.55. The number of pyridine rings is 1. The lowest BCUT2D eigenvalue weighted by molar-refractivity contribution is 1.26.